The van der Waals surface area contributed by atoms with E-state index in [0.29, 0.717) is 11.3 Å². The van der Waals surface area contributed by atoms with E-state index >= 15 is 0 Å². The van der Waals surface area contributed by atoms with Gasteiger partial charge in [-0.2, -0.15) is 0 Å². The highest BCUT2D eigenvalue weighted by atomic mass is 16.4. The normalized spacial score (nSPS) is 10.3. The van der Waals surface area contributed by atoms with Crippen LogP contribution < -0.4 is 5.32 Å². The Balaban J connectivity index is 1.98. The van der Waals surface area contributed by atoms with E-state index in [0.717, 1.165) is 16.8 Å². The Morgan fingerprint density at radius 1 is 0.840 bits per heavy atom. The van der Waals surface area contributed by atoms with Gasteiger partial charge in [-0.25, -0.2) is 4.79 Å². The van der Waals surface area contributed by atoms with Crippen LogP contribution in [0.4, 0.5) is 11.4 Å². The van der Waals surface area contributed by atoms with E-state index in [2.05, 4.69) is 5.32 Å². The number of anilines is 2. The number of benzene rings is 3. The van der Waals surface area contributed by atoms with Gasteiger partial charge in [0.2, 0.25) is 0 Å². The molecule has 0 aliphatic carbocycles. The third-order valence-electron chi connectivity index (χ3n) is 3.93. The van der Waals surface area contributed by atoms with Crippen LogP contribution in [0.25, 0.3) is 11.1 Å². The predicted octanol–water partition coefficient (Wildman–Crippen LogP) is 5.00. The maximum Gasteiger partial charge on any atom is 0.337 e. The maximum absolute atomic E-state index is 11.5. The first kappa shape index (κ1) is 16.5. The van der Waals surface area contributed by atoms with Gasteiger partial charge in [-0.05, 0) is 54.4 Å². The quantitative estimate of drug-likeness (QED) is 0.646. The second kappa shape index (κ2) is 7.01. The van der Waals surface area contributed by atoms with E-state index in [1.807, 2.05) is 36.4 Å². The molecule has 3 rings (SSSR count). The number of hydrogen-bond donors (Lipinski definition) is 2. The summed E-state index contributed by atoms with van der Waals surface area (Å²) in [5.41, 5.74) is 3.96. The Morgan fingerprint density at radius 3 is 2.12 bits per heavy atom. The molecular weight excluding hydrogens is 314 g/mol. The highest BCUT2D eigenvalue weighted by Gasteiger charge is 2.12. The minimum absolute atomic E-state index is 0.0103. The van der Waals surface area contributed by atoms with Gasteiger partial charge in [-0.15, -0.1) is 0 Å². The predicted molar refractivity (Wildman–Crippen MR) is 98.6 cm³/mol. The SMILES string of the molecule is CC(=O)c1ccc(Nc2cc(-c3ccccc3)ccc2C(=O)O)cc1. The third kappa shape index (κ3) is 3.75. The molecule has 0 atom stereocenters. The first-order valence-electron chi connectivity index (χ1n) is 7.85. The summed E-state index contributed by atoms with van der Waals surface area (Å²) < 4.78 is 0. The van der Waals surface area contributed by atoms with Crippen LogP contribution >= 0.6 is 0 Å². The zero-order chi connectivity index (χ0) is 17.8. The lowest BCUT2D eigenvalue weighted by molar-refractivity contribution is 0.0697. The van der Waals surface area contributed by atoms with Crippen molar-refractivity contribution in [2.45, 2.75) is 6.92 Å². The number of aromatic carboxylic acids is 1. The van der Waals surface area contributed by atoms with E-state index in [-0.39, 0.29) is 11.3 Å². The zero-order valence-electron chi connectivity index (χ0n) is 13.7. The number of hydrogen-bond acceptors (Lipinski definition) is 3. The molecule has 0 heterocycles. The Morgan fingerprint density at radius 2 is 1.52 bits per heavy atom. The summed E-state index contributed by atoms with van der Waals surface area (Å²) in [6, 6.07) is 21.9. The van der Waals surface area contributed by atoms with E-state index in [1.54, 1.807) is 36.4 Å². The number of carboxylic acids is 1. The van der Waals surface area contributed by atoms with Gasteiger partial charge in [-0.3, -0.25) is 4.79 Å². The second-order valence-corrected chi connectivity index (χ2v) is 5.69. The summed E-state index contributed by atoms with van der Waals surface area (Å²) in [5.74, 6) is -1.01. The van der Waals surface area contributed by atoms with Crippen molar-refractivity contribution in [3.63, 3.8) is 0 Å². The molecule has 4 nitrogen and oxygen atoms in total. The van der Waals surface area contributed by atoms with Crippen LogP contribution in [0.3, 0.4) is 0 Å². The molecule has 0 saturated carbocycles. The molecule has 3 aromatic rings. The fourth-order valence-electron chi connectivity index (χ4n) is 2.59. The minimum atomic E-state index is -0.998. The van der Waals surface area contributed by atoms with Crippen molar-refractivity contribution in [1.29, 1.82) is 0 Å². The average Bonchev–Trinajstić information content (AvgIpc) is 2.62. The Bertz CT molecular complexity index is 916. The molecule has 124 valence electrons. The highest BCUT2D eigenvalue weighted by Crippen LogP contribution is 2.28. The summed E-state index contributed by atoms with van der Waals surface area (Å²) in [5, 5.41) is 12.6. The van der Waals surface area contributed by atoms with Gasteiger partial charge in [-0.1, -0.05) is 36.4 Å². The number of carboxylic acid groups (broad SMARTS) is 1. The molecule has 0 spiro atoms. The van der Waals surface area contributed by atoms with Crippen molar-refractivity contribution in [3.05, 3.63) is 83.9 Å². The van der Waals surface area contributed by atoms with E-state index in [9.17, 15) is 14.7 Å². The fraction of sp³-hybridized carbons (Fsp3) is 0.0476. The first-order valence-corrected chi connectivity index (χ1v) is 7.85. The number of ketones is 1. The van der Waals surface area contributed by atoms with Crippen molar-refractivity contribution >= 4 is 23.1 Å². The molecule has 2 N–H and O–H groups in total. The largest absolute Gasteiger partial charge is 0.478 e. The second-order valence-electron chi connectivity index (χ2n) is 5.69. The Hall–Kier alpha value is -3.40. The Labute approximate surface area is 145 Å². The number of nitrogens with one attached hydrogen (secondary N) is 1. The first-order chi connectivity index (χ1) is 12.0. The lowest BCUT2D eigenvalue weighted by Gasteiger charge is -2.12. The summed E-state index contributed by atoms with van der Waals surface area (Å²) in [6.45, 7) is 1.51. The van der Waals surface area contributed by atoms with E-state index < -0.39 is 5.97 Å². The van der Waals surface area contributed by atoms with Crippen LogP contribution in [0.5, 0.6) is 0 Å². The number of carbonyl (C=O) groups is 2. The molecule has 0 fully saturated rings. The summed E-state index contributed by atoms with van der Waals surface area (Å²) >= 11 is 0. The molecule has 0 aliphatic rings. The van der Waals surface area contributed by atoms with Crippen LogP contribution in [0, 0.1) is 0 Å². The van der Waals surface area contributed by atoms with Gasteiger partial charge >= 0.3 is 5.97 Å². The molecule has 0 unspecified atom stereocenters. The monoisotopic (exact) mass is 331 g/mol. The molecule has 0 amide bonds. The van der Waals surface area contributed by atoms with Gasteiger partial charge in [0.25, 0.3) is 0 Å². The molecule has 0 aliphatic heterocycles. The van der Waals surface area contributed by atoms with Crippen molar-refractivity contribution in [2.24, 2.45) is 0 Å². The smallest absolute Gasteiger partial charge is 0.337 e. The third-order valence-corrected chi connectivity index (χ3v) is 3.93. The maximum atomic E-state index is 11.5. The van der Waals surface area contributed by atoms with Gasteiger partial charge in [0.1, 0.15) is 0 Å². The molecule has 3 aromatic carbocycles. The van der Waals surface area contributed by atoms with Gasteiger partial charge < -0.3 is 10.4 Å². The van der Waals surface area contributed by atoms with Gasteiger partial charge in [0, 0.05) is 11.3 Å². The summed E-state index contributed by atoms with van der Waals surface area (Å²) in [4.78, 5) is 22.9. The number of carbonyl (C=O) groups excluding carboxylic acids is 1. The summed E-state index contributed by atoms with van der Waals surface area (Å²) in [7, 11) is 0. The van der Waals surface area contributed by atoms with Gasteiger partial charge in [0.15, 0.2) is 5.78 Å². The van der Waals surface area contributed by atoms with Crippen LogP contribution in [0.1, 0.15) is 27.6 Å². The Kier molecular flexibility index (Phi) is 4.61. The van der Waals surface area contributed by atoms with Crippen molar-refractivity contribution < 1.29 is 14.7 Å². The average molecular weight is 331 g/mol. The fourth-order valence-corrected chi connectivity index (χ4v) is 2.59. The minimum Gasteiger partial charge on any atom is -0.478 e. The number of Topliss-reactive ketones (excluding diaryl/α,β-unsaturated/α-hetero) is 1. The van der Waals surface area contributed by atoms with E-state index in [1.165, 1.54) is 6.92 Å². The molecule has 25 heavy (non-hydrogen) atoms. The zero-order valence-corrected chi connectivity index (χ0v) is 13.7. The molecular formula is C21H17NO3. The molecule has 4 heteroatoms. The van der Waals surface area contributed by atoms with Crippen molar-refractivity contribution in [1.82, 2.24) is 0 Å². The van der Waals surface area contributed by atoms with Crippen LogP contribution in [-0.4, -0.2) is 16.9 Å². The van der Waals surface area contributed by atoms with E-state index in [4.69, 9.17) is 0 Å². The number of rotatable bonds is 5. The molecule has 0 bridgehead atoms. The van der Waals surface area contributed by atoms with Crippen LogP contribution in [-0.2, 0) is 0 Å². The van der Waals surface area contributed by atoms with Crippen LogP contribution in [0.15, 0.2) is 72.8 Å². The molecule has 0 radical (unpaired) electrons. The molecule has 0 aromatic heterocycles. The lowest BCUT2D eigenvalue weighted by Crippen LogP contribution is -2.03. The standard InChI is InChI=1S/C21H17NO3/c1-14(23)15-7-10-18(11-8-15)22-20-13-17(9-12-19(20)21(24)25)16-5-3-2-4-6-16/h2-13,22H,1H3,(H,24,25). The van der Waals surface area contributed by atoms with Gasteiger partial charge in [0.05, 0.1) is 11.3 Å². The highest BCUT2D eigenvalue weighted by molar-refractivity contribution is 5.97. The molecule has 0 saturated heterocycles. The van der Waals surface area contributed by atoms with Crippen LogP contribution in [0.2, 0.25) is 0 Å². The topological polar surface area (TPSA) is 66.4 Å². The van der Waals surface area contributed by atoms with Crippen molar-refractivity contribution in [3.8, 4) is 11.1 Å². The van der Waals surface area contributed by atoms with Crippen molar-refractivity contribution in [2.75, 3.05) is 5.32 Å². The lowest BCUT2D eigenvalue weighted by atomic mass is 10.0. The summed E-state index contributed by atoms with van der Waals surface area (Å²) in [6.07, 6.45) is 0.